The predicted octanol–water partition coefficient (Wildman–Crippen LogP) is 7.71. The maximum Gasteiger partial charge on any atom is 0.254 e. The van der Waals surface area contributed by atoms with Crippen LogP contribution in [0.2, 0.25) is 0 Å². The summed E-state index contributed by atoms with van der Waals surface area (Å²) in [5, 5.41) is 3.76. The van der Waals surface area contributed by atoms with Gasteiger partial charge in [-0.3, -0.25) is 14.4 Å². The summed E-state index contributed by atoms with van der Waals surface area (Å²) < 4.78 is 11.8. The van der Waals surface area contributed by atoms with Gasteiger partial charge in [-0.25, -0.2) is 0 Å². The molecule has 1 fully saturated rings. The van der Waals surface area contributed by atoms with Crippen molar-refractivity contribution in [2.24, 2.45) is 17.3 Å². The number of rotatable bonds is 7. The number of nitrogens with zero attached hydrogens (tertiary/aromatic N) is 1. The molecular formula is C35H41BrN2O5S. The van der Waals surface area contributed by atoms with Crippen LogP contribution in [0.3, 0.4) is 0 Å². The van der Waals surface area contributed by atoms with E-state index in [0.29, 0.717) is 58.6 Å². The second-order valence-corrected chi connectivity index (χ2v) is 15.0. The van der Waals surface area contributed by atoms with Crippen LogP contribution in [0.5, 0.6) is 11.5 Å². The summed E-state index contributed by atoms with van der Waals surface area (Å²) in [6, 6.07) is 10.8. The highest BCUT2D eigenvalue weighted by molar-refractivity contribution is 9.10. The van der Waals surface area contributed by atoms with Gasteiger partial charge in [-0.15, -0.1) is 11.3 Å². The highest BCUT2D eigenvalue weighted by atomic mass is 79.9. The first-order valence-electron chi connectivity index (χ1n) is 15.2. The molecule has 1 aliphatic heterocycles. The lowest BCUT2D eigenvalue weighted by atomic mass is 9.72. The van der Waals surface area contributed by atoms with Crippen molar-refractivity contribution in [2.45, 2.75) is 59.8 Å². The second-order valence-electron chi connectivity index (χ2n) is 13.0. The molecule has 0 bridgehead atoms. The number of amides is 2. The van der Waals surface area contributed by atoms with Crippen LogP contribution < -0.4 is 14.8 Å². The van der Waals surface area contributed by atoms with E-state index < -0.39 is 0 Å². The summed E-state index contributed by atoms with van der Waals surface area (Å²) in [5.74, 6) is 0.803. The van der Waals surface area contributed by atoms with Gasteiger partial charge < -0.3 is 19.7 Å². The van der Waals surface area contributed by atoms with E-state index in [-0.39, 0.29) is 28.9 Å². The number of benzene rings is 2. The lowest BCUT2D eigenvalue weighted by Gasteiger charge is -2.33. The maximum atomic E-state index is 14.2. The molecule has 2 aromatic carbocycles. The molecule has 1 N–H and O–H groups in total. The van der Waals surface area contributed by atoms with Gasteiger partial charge in [0.05, 0.1) is 25.7 Å². The van der Waals surface area contributed by atoms with Crippen LogP contribution in [0.4, 0.5) is 5.00 Å². The molecule has 7 nitrogen and oxygen atoms in total. The fourth-order valence-corrected chi connectivity index (χ4v) is 8.17. The molecule has 1 saturated heterocycles. The molecule has 2 atom stereocenters. The zero-order valence-corrected chi connectivity index (χ0v) is 28.7. The number of hydrogen-bond donors (Lipinski definition) is 1. The van der Waals surface area contributed by atoms with E-state index in [9.17, 15) is 14.4 Å². The van der Waals surface area contributed by atoms with Gasteiger partial charge in [0, 0.05) is 39.6 Å². The first-order valence-corrected chi connectivity index (χ1v) is 16.8. The topological polar surface area (TPSA) is 84.9 Å². The lowest BCUT2D eigenvalue weighted by Crippen LogP contribution is -2.44. The van der Waals surface area contributed by atoms with Crippen LogP contribution in [0.25, 0.3) is 0 Å². The average Bonchev–Trinajstić information content (AvgIpc) is 3.36. The van der Waals surface area contributed by atoms with E-state index >= 15 is 0 Å². The highest BCUT2D eigenvalue weighted by Gasteiger charge is 2.36. The van der Waals surface area contributed by atoms with E-state index in [1.165, 1.54) is 11.3 Å². The van der Waals surface area contributed by atoms with Crippen LogP contribution in [0.15, 0.2) is 40.9 Å². The Morgan fingerprint density at radius 3 is 2.36 bits per heavy atom. The molecule has 1 aromatic heterocycles. The van der Waals surface area contributed by atoms with Gasteiger partial charge in [-0.2, -0.15) is 0 Å². The summed E-state index contributed by atoms with van der Waals surface area (Å²) in [4.78, 5) is 44.4. The molecular weight excluding hydrogens is 640 g/mol. The first-order chi connectivity index (χ1) is 20.9. The normalized spacial score (nSPS) is 18.4. The Hall–Kier alpha value is -3.17. The van der Waals surface area contributed by atoms with Crippen LogP contribution in [-0.4, -0.2) is 49.8 Å². The zero-order chi connectivity index (χ0) is 31.8. The summed E-state index contributed by atoms with van der Waals surface area (Å²) in [5.41, 5.74) is 3.73. The number of methoxy groups -OCH3 is 2. The molecule has 0 saturated carbocycles. The number of hydrogen-bond acceptors (Lipinski definition) is 6. The van der Waals surface area contributed by atoms with E-state index in [1.54, 1.807) is 37.3 Å². The number of piperidine rings is 1. The molecule has 2 amide bonds. The van der Waals surface area contributed by atoms with Crippen molar-refractivity contribution in [1.29, 1.82) is 0 Å². The second kappa shape index (κ2) is 13.1. The highest BCUT2D eigenvalue weighted by Crippen LogP contribution is 2.45. The van der Waals surface area contributed by atoms with Gasteiger partial charge in [-0.1, -0.05) is 36.7 Å². The zero-order valence-electron chi connectivity index (χ0n) is 26.3. The SMILES string of the molecule is COc1cc(OC)cc(C(=O)c2c(NC(=O)C3CCCN(C(=O)c4ccc(Br)cc4C)C3)sc3c2CCC(C(C)(C)C)C3)c1. The minimum Gasteiger partial charge on any atom is -0.497 e. The molecule has 9 heteroatoms. The average molecular weight is 682 g/mol. The number of aryl methyl sites for hydroxylation is 1. The molecule has 2 unspecified atom stereocenters. The Bertz CT molecular complexity index is 1570. The Balaban J connectivity index is 1.44. The van der Waals surface area contributed by atoms with Crippen molar-refractivity contribution in [3.63, 3.8) is 0 Å². The van der Waals surface area contributed by atoms with Crippen molar-refractivity contribution in [3.05, 3.63) is 73.6 Å². The van der Waals surface area contributed by atoms with Gasteiger partial charge in [0.1, 0.15) is 16.5 Å². The quantitative estimate of drug-likeness (QED) is 0.259. The van der Waals surface area contributed by atoms with Gasteiger partial charge in [0.2, 0.25) is 5.91 Å². The summed E-state index contributed by atoms with van der Waals surface area (Å²) in [6.07, 6.45) is 4.06. The van der Waals surface area contributed by atoms with E-state index in [4.69, 9.17) is 9.47 Å². The van der Waals surface area contributed by atoms with Gasteiger partial charge in [0.25, 0.3) is 5.91 Å². The fraction of sp³-hybridized carbons (Fsp3) is 0.457. The fourth-order valence-electron chi connectivity index (χ4n) is 6.36. The number of fused-ring (bicyclic) bond motifs is 1. The number of anilines is 1. The number of nitrogens with one attached hydrogen (secondary N) is 1. The smallest absolute Gasteiger partial charge is 0.254 e. The Kier molecular flexibility index (Phi) is 9.56. The molecule has 0 spiro atoms. The monoisotopic (exact) mass is 680 g/mol. The van der Waals surface area contributed by atoms with Crippen LogP contribution >= 0.6 is 27.3 Å². The van der Waals surface area contributed by atoms with Crippen LogP contribution in [0.1, 0.15) is 82.3 Å². The van der Waals surface area contributed by atoms with Crippen LogP contribution in [0, 0.1) is 24.2 Å². The standard InChI is InChI=1S/C35H41BrN2O5S/c1-20-14-24(36)10-12-27(20)34(41)38-13-7-8-21(19-38)32(40)37-33-30(28-11-9-23(35(2,3)4)17-29(28)44-33)31(39)22-15-25(42-5)18-26(16-22)43-6/h10,12,14-16,18,21,23H,7-9,11,13,17,19H2,1-6H3,(H,37,40). The molecule has 2 aliphatic rings. The minimum atomic E-state index is -0.371. The van der Waals surface area contributed by atoms with Gasteiger partial charge >= 0.3 is 0 Å². The number of carbonyl (C=O) groups is 3. The molecule has 0 radical (unpaired) electrons. The van der Waals surface area contributed by atoms with Crippen LogP contribution in [-0.2, 0) is 17.6 Å². The molecule has 3 aromatic rings. The molecule has 5 rings (SSSR count). The van der Waals surface area contributed by atoms with Gasteiger partial charge in [0.15, 0.2) is 5.78 Å². The Labute approximate surface area is 272 Å². The third-order valence-corrected chi connectivity index (χ3v) is 10.7. The predicted molar refractivity (Wildman–Crippen MR) is 178 cm³/mol. The van der Waals surface area contributed by atoms with E-state index in [1.807, 2.05) is 25.1 Å². The number of thiophene rings is 1. The van der Waals surface area contributed by atoms with Crippen molar-refractivity contribution < 1.29 is 23.9 Å². The van der Waals surface area contributed by atoms with E-state index in [0.717, 1.165) is 46.2 Å². The van der Waals surface area contributed by atoms with Crippen molar-refractivity contribution >= 4 is 49.9 Å². The largest absolute Gasteiger partial charge is 0.497 e. The third-order valence-electron chi connectivity index (χ3n) is 9.07. The van der Waals surface area contributed by atoms with E-state index in [2.05, 4.69) is 42.0 Å². The Morgan fingerprint density at radius 2 is 1.73 bits per heavy atom. The number of ether oxygens (including phenoxy) is 2. The van der Waals surface area contributed by atoms with Crippen molar-refractivity contribution in [2.75, 3.05) is 32.6 Å². The lowest BCUT2D eigenvalue weighted by molar-refractivity contribution is -0.121. The number of carbonyl (C=O) groups excluding carboxylic acids is 3. The number of likely N-dealkylation sites (tertiary alicyclic amines) is 1. The minimum absolute atomic E-state index is 0.0600. The molecule has 44 heavy (non-hydrogen) atoms. The van der Waals surface area contributed by atoms with Crippen molar-refractivity contribution in [3.8, 4) is 11.5 Å². The number of ketones is 1. The summed E-state index contributed by atoms with van der Waals surface area (Å²) in [6.45, 7) is 9.67. The third kappa shape index (κ3) is 6.74. The Morgan fingerprint density at radius 1 is 1.02 bits per heavy atom. The molecule has 2 heterocycles. The summed E-state index contributed by atoms with van der Waals surface area (Å²) in [7, 11) is 3.12. The maximum absolute atomic E-state index is 14.2. The molecule has 234 valence electrons. The molecule has 1 aliphatic carbocycles. The van der Waals surface area contributed by atoms with Crippen molar-refractivity contribution in [1.82, 2.24) is 4.90 Å². The van der Waals surface area contributed by atoms with Gasteiger partial charge in [-0.05, 0) is 91.8 Å². The summed E-state index contributed by atoms with van der Waals surface area (Å²) >= 11 is 4.99. The number of halogens is 1. The first kappa shape index (κ1) is 32.2.